The van der Waals surface area contributed by atoms with Crippen LogP contribution in [0.1, 0.15) is 20.8 Å². The Bertz CT molecular complexity index is 510. The predicted octanol–water partition coefficient (Wildman–Crippen LogP) is 2.58. The Labute approximate surface area is 132 Å². The van der Waals surface area contributed by atoms with Crippen molar-refractivity contribution in [2.75, 3.05) is 44.9 Å². The summed E-state index contributed by atoms with van der Waals surface area (Å²) < 4.78 is 10.7. The summed E-state index contributed by atoms with van der Waals surface area (Å²) >= 11 is 0. The van der Waals surface area contributed by atoms with Crippen molar-refractivity contribution in [2.24, 2.45) is 0 Å². The molecule has 0 spiro atoms. The van der Waals surface area contributed by atoms with Crippen LogP contribution in [-0.4, -0.2) is 50.9 Å². The number of hydrogen-bond acceptors (Lipinski definition) is 5. The van der Waals surface area contributed by atoms with E-state index in [0.29, 0.717) is 30.2 Å². The molecule has 0 bridgehead atoms. The smallest absolute Gasteiger partial charge is 0.414 e. The molecule has 2 N–H and O–H groups in total. The molecule has 0 saturated carbocycles. The molecule has 124 valence electrons. The summed E-state index contributed by atoms with van der Waals surface area (Å²) in [5.74, 6) is 0.641. The van der Waals surface area contributed by atoms with E-state index in [1.165, 1.54) is 0 Å². The number of methoxy groups -OCH3 is 1. The van der Waals surface area contributed by atoms with E-state index in [-0.39, 0.29) is 0 Å². The number of nitrogen functional groups attached to an aromatic ring is 1. The second-order valence-corrected chi connectivity index (χ2v) is 6.36. The number of rotatable bonds is 5. The van der Waals surface area contributed by atoms with Gasteiger partial charge in [0.05, 0.1) is 18.5 Å². The van der Waals surface area contributed by atoms with Gasteiger partial charge in [0.25, 0.3) is 0 Å². The number of nitrogens with two attached hydrogens (primary N) is 1. The topological polar surface area (TPSA) is 68.0 Å². The van der Waals surface area contributed by atoms with E-state index >= 15 is 0 Å². The Kier molecular flexibility index (Phi) is 6.05. The van der Waals surface area contributed by atoms with Crippen molar-refractivity contribution in [3.8, 4) is 5.75 Å². The third kappa shape index (κ3) is 5.44. The molecule has 1 aromatic rings. The molecule has 0 aromatic heterocycles. The lowest BCUT2D eigenvalue weighted by molar-refractivity contribution is 0.0578. The van der Waals surface area contributed by atoms with Gasteiger partial charge in [-0.25, -0.2) is 4.79 Å². The van der Waals surface area contributed by atoms with E-state index < -0.39 is 11.7 Å². The average Bonchev–Trinajstić information content (AvgIpc) is 2.38. The molecule has 0 saturated heterocycles. The van der Waals surface area contributed by atoms with E-state index in [4.69, 9.17) is 15.2 Å². The Hall–Kier alpha value is -1.95. The third-order valence-corrected chi connectivity index (χ3v) is 2.91. The lowest BCUT2D eigenvalue weighted by Gasteiger charge is -2.29. The number of amides is 1. The fraction of sp³-hybridized carbons (Fsp3) is 0.562. The highest BCUT2D eigenvalue weighted by Crippen LogP contribution is 2.29. The van der Waals surface area contributed by atoms with Crippen molar-refractivity contribution in [2.45, 2.75) is 26.4 Å². The molecule has 6 heteroatoms. The summed E-state index contributed by atoms with van der Waals surface area (Å²) in [6.45, 7) is 6.67. The molecular formula is C16H27N3O3. The Morgan fingerprint density at radius 1 is 1.23 bits per heavy atom. The molecule has 6 nitrogen and oxygen atoms in total. The first-order valence-electron chi connectivity index (χ1n) is 7.23. The van der Waals surface area contributed by atoms with Crippen molar-refractivity contribution in [3.05, 3.63) is 18.2 Å². The van der Waals surface area contributed by atoms with E-state index in [2.05, 4.69) is 0 Å². The van der Waals surface area contributed by atoms with E-state index in [1.54, 1.807) is 30.2 Å². The van der Waals surface area contributed by atoms with Crippen LogP contribution in [0.25, 0.3) is 0 Å². The first-order chi connectivity index (χ1) is 10.1. The van der Waals surface area contributed by atoms with Gasteiger partial charge in [-0.1, -0.05) is 0 Å². The van der Waals surface area contributed by atoms with Gasteiger partial charge in [-0.15, -0.1) is 0 Å². The van der Waals surface area contributed by atoms with Gasteiger partial charge >= 0.3 is 6.09 Å². The molecule has 1 aromatic carbocycles. The van der Waals surface area contributed by atoms with Crippen molar-refractivity contribution >= 4 is 17.5 Å². The van der Waals surface area contributed by atoms with Gasteiger partial charge in [0.15, 0.2) is 0 Å². The van der Waals surface area contributed by atoms with Gasteiger partial charge in [-0.05, 0) is 47.0 Å². The van der Waals surface area contributed by atoms with Crippen molar-refractivity contribution in [3.63, 3.8) is 0 Å². The maximum absolute atomic E-state index is 12.5. The number of carbonyl (C=O) groups is 1. The fourth-order valence-electron chi connectivity index (χ4n) is 1.81. The summed E-state index contributed by atoms with van der Waals surface area (Å²) in [6, 6.07) is 5.23. The van der Waals surface area contributed by atoms with Crippen LogP contribution < -0.4 is 15.4 Å². The molecule has 0 heterocycles. The van der Waals surface area contributed by atoms with E-state index in [9.17, 15) is 4.79 Å². The fourth-order valence-corrected chi connectivity index (χ4v) is 1.81. The average molecular weight is 309 g/mol. The number of ether oxygens (including phenoxy) is 2. The third-order valence-electron chi connectivity index (χ3n) is 2.91. The Morgan fingerprint density at radius 2 is 1.86 bits per heavy atom. The van der Waals surface area contributed by atoms with Crippen molar-refractivity contribution in [1.29, 1.82) is 0 Å². The van der Waals surface area contributed by atoms with Gasteiger partial charge in [0.2, 0.25) is 0 Å². The lowest BCUT2D eigenvalue weighted by atomic mass is 10.2. The number of carbonyl (C=O) groups excluding carboxylic acids is 1. The molecular weight excluding hydrogens is 282 g/mol. The highest BCUT2D eigenvalue weighted by molar-refractivity contribution is 5.92. The van der Waals surface area contributed by atoms with Crippen LogP contribution in [0.3, 0.4) is 0 Å². The maximum Gasteiger partial charge on any atom is 0.414 e. The van der Waals surface area contributed by atoms with Gasteiger partial charge in [-0.3, -0.25) is 4.90 Å². The number of likely N-dealkylation sites (N-methyl/N-ethyl adjacent to an activating group) is 1. The largest absolute Gasteiger partial charge is 0.497 e. The zero-order valence-corrected chi connectivity index (χ0v) is 14.3. The quantitative estimate of drug-likeness (QED) is 0.847. The summed E-state index contributed by atoms with van der Waals surface area (Å²) in [6.07, 6.45) is -0.422. The zero-order chi connectivity index (χ0) is 16.9. The maximum atomic E-state index is 12.5. The van der Waals surface area contributed by atoms with Gasteiger partial charge in [0, 0.05) is 19.2 Å². The molecule has 0 radical (unpaired) electrons. The summed E-state index contributed by atoms with van der Waals surface area (Å²) in [7, 11) is 5.47. The van der Waals surface area contributed by atoms with Gasteiger partial charge in [0.1, 0.15) is 11.4 Å². The second-order valence-electron chi connectivity index (χ2n) is 6.36. The summed E-state index contributed by atoms with van der Waals surface area (Å²) in [5.41, 5.74) is 6.56. The van der Waals surface area contributed by atoms with Crippen LogP contribution in [0.2, 0.25) is 0 Å². The number of benzene rings is 1. The molecule has 0 aliphatic carbocycles. The molecule has 1 rings (SSSR count). The minimum absolute atomic E-state index is 0.422. The number of hydrogen-bond donors (Lipinski definition) is 1. The standard InChI is InChI=1S/C16H27N3O3/c1-16(2,3)22-15(20)19(10-9-18(4)5)14-11-12(21-6)7-8-13(14)17/h7-8,11H,9-10,17H2,1-6H3. The molecule has 22 heavy (non-hydrogen) atoms. The minimum atomic E-state index is -0.568. The number of nitrogens with zero attached hydrogens (tertiary/aromatic N) is 2. The molecule has 0 atom stereocenters. The van der Waals surface area contributed by atoms with E-state index in [1.807, 2.05) is 39.8 Å². The van der Waals surface area contributed by atoms with Crippen LogP contribution in [0, 0.1) is 0 Å². The Morgan fingerprint density at radius 3 is 2.36 bits per heavy atom. The monoisotopic (exact) mass is 309 g/mol. The second kappa shape index (κ2) is 7.35. The van der Waals surface area contributed by atoms with Crippen molar-refractivity contribution < 1.29 is 14.3 Å². The van der Waals surface area contributed by atoms with Crippen LogP contribution in [0.5, 0.6) is 5.75 Å². The highest BCUT2D eigenvalue weighted by Gasteiger charge is 2.25. The SMILES string of the molecule is COc1ccc(N)c(N(CCN(C)C)C(=O)OC(C)(C)C)c1. The van der Waals surface area contributed by atoms with Gasteiger partial charge in [-0.2, -0.15) is 0 Å². The first-order valence-corrected chi connectivity index (χ1v) is 7.23. The summed E-state index contributed by atoms with van der Waals surface area (Å²) in [4.78, 5) is 16.1. The van der Waals surface area contributed by atoms with Crippen LogP contribution in [0.4, 0.5) is 16.2 Å². The molecule has 0 fully saturated rings. The molecule has 0 aliphatic heterocycles. The molecule has 1 amide bonds. The lowest BCUT2D eigenvalue weighted by Crippen LogP contribution is -2.40. The minimum Gasteiger partial charge on any atom is -0.497 e. The number of anilines is 2. The van der Waals surface area contributed by atoms with E-state index in [0.717, 1.165) is 0 Å². The summed E-state index contributed by atoms with van der Waals surface area (Å²) in [5, 5.41) is 0. The van der Waals surface area contributed by atoms with Crippen LogP contribution in [0.15, 0.2) is 18.2 Å². The van der Waals surface area contributed by atoms with Crippen LogP contribution in [-0.2, 0) is 4.74 Å². The molecule has 0 unspecified atom stereocenters. The van der Waals surface area contributed by atoms with Crippen molar-refractivity contribution in [1.82, 2.24) is 4.90 Å². The van der Waals surface area contributed by atoms with Gasteiger partial charge < -0.3 is 20.1 Å². The first kappa shape index (κ1) is 18.1. The zero-order valence-electron chi connectivity index (χ0n) is 14.3. The highest BCUT2D eigenvalue weighted by atomic mass is 16.6. The Balaban J connectivity index is 3.11. The normalized spacial score (nSPS) is 11.4. The van der Waals surface area contributed by atoms with Crippen LogP contribution >= 0.6 is 0 Å². The molecule has 0 aliphatic rings. The predicted molar refractivity (Wildman–Crippen MR) is 89.5 cm³/mol.